The minimum Gasteiger partial charge on any atom is -0.348 e. The fourth-order valence-corrected chi connectivity index (χ4v) is 3.56. The smallest absolute Gasteiger partial charge is 0.317 e. The zero-order chi connectivity index (χ0) is 19.9. The molecule has 0 aliphatic carbocycles. The minimum atomic E-state index is -0.317. The molecule has 0 bridgehead atoms. The molecule has 0 unspecified atom stereocenters. The van der Waals surface area contributed by atoms with Gasteiger partial charge in [0.25, 0.3) is 5.91 Å². The summed E-state index contributed by atoms with van der Waals surface area (Å²) in [6, 6.07) is 13.7. The van der Waals surface area contributed by atoms with Gasteiger partial charge in [-0.2, -0.15) is 0 Å². The number of benzene rings is 2. The molecule has 3 amide bonds. The lowest BCUT2D eigenvalue weighted by Crippen LogP contribution is -2.44. The topological polar surface area (TPSA) is 61.4 Å². The van der Waals surface area contributed by atoms with Crippen molar-refractivity contribution in [2.75, 3.05) is 19.6 Å². The highest BCUT2D eigenvalue weighted by Gasteiger charge is 2.24. The van der Waals surface area contributed by atoms with Crippen LogP contribution < -0.4 is 10.6 Å². The number of urea groups is 1. The van der Waals surface area contributed by atoms with Crippen LogP contribution in [0.1, 0.15) is 47.2 Å². The van der Waals surface area contributed by atoms with Crippen molar-refractivity contribution in [3.63, 3.8) is 0 Å². The summed E-state index contributed by atoms with van der Waals surface area (Å²) in [5.41, 5.74) is 2.35. The highest BCUT2D eigenvalue weighted by Crippen LogP contribution is 2.27. The highest BCUT2D eigenvalue weighted by molar-refractivity contribution is 5.94. The number of likely N-dealkylation sites (tertiary alicyclic amines) is 1. The predicted molar refractivity (Wildman–Crippen MR) is 107 cm³/mol. The lowest BCUT2D eigenvalue weighted by atomic mass is 9.89. The fourth-order valence-electron chi connectivity index (χ4n) is 3.56. The van der Waals surface area contributed by atoms with Gasteiger partial charge in [0.15, 0.2) is 0 Å². The summed E-state index contributed by atoms with van der Waals surface area (Å²) in [6.45, 7) is 4.21. The largest absolute Gasteiger partial charge is 0.348 e. The maximum atomic E-state index is 13.3. The van der Waals surface area contributed by atoms with Gasteiger partial charge in [-0.25, -0.2) is 9.18 Å². The maximum absolute atomic E-state index is 13.3. The number of piperidine rings is 1. The third-order valence-corrected chi connectivity index (χ3v) is 5.00. The number of hydrogen-bond donors (Lipinski definition) is 2. The van der Waals surface area contributed by atoms with Crippen LogP contribution in [0.4, 0.5) is 9.18 Å². The summed E-state index contributed by atoms with van der Waals surface area (Å²) in [5, 5.41) is 5.69. The Morgan fingerprint density at radius 3 is 2.75 bits per heavy atom. The van der Waals surface area contributed by atoms with E-state index in [0.717, 1.165) is 30.5 Å². The Morgan fingerprint density at radius 2 is 1.96 bits per heavy atom. The van der Waals surface area contributed by atoms with Gasteiger partial charge in [0, 0.05) is 37.7 Å². The van der Waals surface area contributed by atoms with E-state index in [1.165, 1.54) is 12.1 Å². The molecule has 5 nitrogen and oxygen atoms in total. The molecule has 1 fully saturated rings. The predicted octanol–water partition coefficient (Wildman–Crippen LogP) is 3.66. The number of nitrogens with zero attached hydrogens (tertiary/aromatic N) is 1. The van der Waals surface area contributed by atoms with Crippen LogP contribution in [0.5, 0.6) is 0 Å². The van der Waals surface area contributed by atoms with Crippen molar-refractivity contribution in [1.29, 1.82) is 0 Å². The molecule has 6 heteroatoms. The Hall–Kier alpha value is -2.89. The van der Waals surface area contributed by atoms with Crippen LogP contribution in [0.25, 0.3) is 0 Å². The van der Waals surface area contributed by atoms with Gasteiger partial charge in [0.2, 0.25) is 0 Å². The first-order chi connectivity index (χ1) is 13.6. The monoisotopic (exact) mass is 383 g/mol. The standard InChI is InChI=1S/C22H26FN3O2/c1-2-24-22(28)26-11-5-9-19(15-26)17-7-4-8-18(13-17)21(27)25-14-16-6-3-10-20(23)12-16/h3-4,6-8,10,12-13,19H,2,5,9,11,14-15H2,1H3,(H,24,28)(H,25,27)/t19-/m1/s1. The molecule has 148 valence electrons. The van der Waals surface area contributed by atoms with E-state index in [1.54, 1.807) is 18.2 Å². The summed E-state index contributed by atoms with van der Waals surface area (Å²) in [6.07, 6.45) is 1.93. The van der Waals surface area contributed by atoms with E-state index in [0.29, 0.717) is 18.7 Å². The van der Waals surface area contributed by atoms with Crippen molar-refractivity contribution in [1.82, 2.24) is 15.5 Å². The van der Waals surface area contributed by atoms with Crippen LogP contribution in [-0.4, -0.2) is 36.5 Å². The molecular formula is C22H26FN3O2. The summed E-state index contributed by atoms with van der Waals surface area (Å²) in [4.78, 5) is 26.5. The molecule has 0 spiro atoms. The van der Waals surface area contributed by atoms with Crippen LogP contribution >= 0.6 is 0 Å². The highest BCUT2D eigenvalue weighted by atomic mass is 19.1. The Balaban J connectivity index is 1.64. The summed E-state index contributed by atoms with van der Waals surface area (Å²) in [5.74, 6) is -0.294. The fraction of sp³-hybridized carbons (Fsp3) is 0.364. The Labute approximate surface area is 164 Å². The molecule has 2 N–H and O–H groups in total. The van der Waals surface area contributed by atoms with Gasteiger partial charge in [0.05, 0.1) is 0 Å². The van der Waals surface area contributed by atoms with Gasteiger partial charge >= 0.3 is 6.03 Å². The average Bonchev–Trinajstić information content (AvgIpc) is 2.72. The number of nitrogens with one attached hydrogen (secondary N) is 2. The first kappa shape index (κ1) is 19.9. The summed E-state index contributed by atoms with van der Waals surface area (Å²) >= 11 is 0. The van der Waals surface area contributed by atoms with Crippen LogP contribution in [0.2, 0.25) is 0 Å². The molecule has 0 aromatic heterocycles. The van der Waals surface area contributed by atoms with Gasteiger partial charge < -0.3 is 15.5 Å². The molecule has 1 aliphatic rings. The van der Waals surface area contributed by atoms with Crippen molar-refractivity contribution in [3.05, 3.63) is 71.0 Å². The lowest BCUT2D eigenvalue weighted by molar-refractivity contribution is 0.0950. The Morgan fingerprint density at radius 1 is 1.14 bits per heavy atom. The van der Waals surface area contributed by atoms with E-state index >= 15 is 0 Å². The van der Waals surface area contributed by atoms with Crippen LogP contribution in [0.3, 0.4) is 0 Å². The zero-order valence-corrected chi connectivity index (χ0v) is 16.1. The van der Waals surface area contributed by atoms with Crippen molar-refractivity contribution in [2.45, 2.75) is 32.2 Å². The van der Waals surface area contributed by atoms with E-state index in [2.05, 4.69) is 10.6 Å². The molecule has 28 heavy (non-hydrogen) atoms. The van der Waals surface area contributed by atoms with Gasteiger partial charge in [-0.15, -0.1) is 0 Å². The van der Waals surface area contributed by atoms with E-state index in [4.69, 9.17) is 0 Å². The van der Waals surface area contributed by atoms with E-state index in [1.807, 2.05) is 30.0 Å². The minimum absolute atomic E-state index is 0.0313. The van der Waals surface area contributed by atoms with Crippen LogP contribution in [-0.2, 0) is 6.54 Å². The number of carbonyl (C=O) groups excluding carboxylic acids is 2. The third kappa shape index (κ3) is 5.09. The molecule has 2 aromatic carbocycles. The normalized spacial score (nSPS) is 16.5. The molecule has 1 aliphatic heterocycles. The van der Waals surface area contributed by atoms with Gasteiger partial charge in [-0.3, -0.25) is 4.79 Å². The van der Waals surface area contributed by atoms with Crippen molar-refractivity contribution in [2.24, 2.45) is 0 Å². The molecule has 1 atom stereocenters. The zero-order valence-electron chi connectivity index (χ0n) is 16.1. The van der Waals surface area contributed by atoms with Crippen molar-refractivity contribution >= 4 is 11.9 Å². The SMILES string of the molecule is CCNC(=O)N1CCC[C@@H](c2cccc(C(=O)NCc3cccc(F)c3)c2)C1. The lowest BCUT2D eigenvalue weighted by Gasteiger charge is -2.33. The number of amides is 3. The molecule has 1 heterocycles. The van der Waals surface area contributed by atoms with Crippen LogP contribution in [0.15, 0.2) is 48.5 Å². The second-order valence-corrected chi connectivity index (χ2v) is 7.06. The first-order valence-electron chi connectivity index (χ1n) is 9.72. The summed E-state index contributed by atoms with van der Waals surface area (Å²) < 4.78 is 13.3. The second kappa shape index (κ2) is 9.35. The molecular weight excluding hydrogens is 357 g/mol. The van der Waals surface area contributed by atoms with Gasteiger partial charge in [0.1, 0.15) is 5.82 Å². The average molecular weight is 383 g/mol. The third-order valence-electron chi connectivity index (χ3n) is 5.00. The number of carbonyl (C=O) groups is 2. The number of rotatable bonds is 5. The summed E-state index contributed by atoms with van der Waals surface area (Å²) in [7, 11) is 0. The van der Waals surface area contributed by atoms with Crippen molar-refractivity contribution in [3.8, 4) is 0 Å². The quantitative estimate of drug-likeness (QED) is 0.828. The molecule has 2 aromatic rings. The second-order valence-electron chi connectivity index (χ2n) is 7.06. The number of halogens is 1. The molecule has 1 saturated heterocycles. The Kier molecular flexibility index (Phi) is 6.63. The Bertz CT molecular complexity index is 840. The van der Waals surface area contributed by atoms with Gasteiger partial charge in [-0.1, -0.05) is 24.3 Å². The van der Waals surface area contributed by atoms with Crippen LogP contribution in [0, 0.1) is 5.82 Å². The van der Waals surface area contributed by atoms with E-state index in [-0.39, 0.29) is 30.2 Å². The number of hydrogen-bond acceptors (Lipinski definition) is 2. The van der Waals surface area contributed by atoms with Crippen molar-refractivity contribution < 1.29 is 14.0 Å². The van der Waals surface area contributed by atoms with E-state index in [9.17, 15) is 14.0 Å². The van der Waals surface area contributed by atoms with Gasteiger partial charge in [-0.05, 0) is 55.2 Å². The van der Waals surface area contributed by atoms with E-state index < -0.39 is 0 Å². The molecule has 3 rings (SSSR count). The molecule has 0 radical (unpaired) electrons. The molecule has 0 saturated carbocycles. The maximum Gasteiger partial charge on any atom is 0.317 e. The first-order valence-corrected chi connectivity index (χ1v) is 9.72.